The minimum Gasteiger partial charge on any atom is -0.375 e. The Bertz CT molecular complexity index is 112. The second-order valence-electron chi connectivity index (χ2n) is 3.52. The Hall–Kier alpha value is -0.120. The molecular formula is C9H17NO2. The molecule has 0 saturated carbocycles. The number of morpholine rings is 1. The van der Waals surface area contributed by atoms with E-state index in [0.29, 0.717) is 12.2 Å². The van der Waals surface area contributed by atoms with Crippen LogP contribution in [0.2, 0.25) is 0 Å². The molecule has 2 atom stereocenters. The molecule has 3 heteroatoms. The number of nitrogens with one attached hydrogen (secondary N) is 1. The summed E-state index contributed by atoms with van der Waals surface area (Å²) in [5.41, 5.74) is 0. The minimum atomic E-state index is 0.305. The van der Waals surface area contributed by atoms with Gasteiger partial charge in [0.2, 0.25) is 0 Å². The van der Waals surface area contributed by atoms with Gasteiger partial charge in [-0.2, -0.15) is 0 Å². The average molecular weight is 171 g/mol. The molecule has 0 aromatic rings. The summed E-state index contributed by atoms with van der Waals surface area (Å²) < 4.78 is 11.3. The van der Waals surface area contributed by atoms with Crippen LogP contribution in [0.1, 0.15) is 19.3 Å². The number of ether oxygens (including phenoxy) is 2. The lowest BCUT2D eigenvalue weighted by Crippen LogP contribution is -2.47. The summed E-state index contributed by atoms with van der Waals surface area (Å²) in [7, 11) is 0. The zero-order chi connectivity index (χ0) is 8.23. The fourth-order valence-corrected chi connectivity index (χ4v) is 1.88. The molecule has 1 N–H and O–H groups in total. The van der Waals surface area contributed by atoms with E-state index in [1.807, 2.05) is 0 Å². The highest BCUT2D eigenvalue weighted by atomic mass is 16.5. The van der Waals surface area contributed by atoms with E-state index >= 15 is 0 Å². The molecule has 0 amide bonds. The monoisotopic (exact) mass is 171 g/mol. The van der Waals surface area contributed by atoms with E-state index < -0.39 is 0 Å². The summed E-state index contributed by atoms with van der Waals surface area (Å²) in [5.74, 6) is 0. The maximum Gasteiger partial charge on any atom is 0.0961 e. The van der Waals surface area contributed by atoms with Crippen LogP contribution in [0.15, 0.2) is 0 Å². The molecule has 70 valence electrons. The Kier molecular flexibility index (Phi) is 2.98. The fourth-order valence-electron chi connectivity index (χ4n) is 1.88. The molecule has 2 unspecified atom stereocenters. The Balaban J connectivity index is 1.80. The summed E-state index contributed by atoms with van der Waals surface area (Å²) >= 11 is 0. The smallest absolute Gasteiger partial charge is 0.0961 e. The van der Waals surface area contributed by atoms with Gasteiger partial charge in [0.05, 0.1) is 18.8 Å². The van der Waals surface area contributed by atoms with Crippen molar-refractivity contribution in [3.05, 3.63) is 0 Å². The Morgan fingerprint density at radius 1 is 1.00 bits per heavy atom. The van der Waals surface area contributed by atoms with Gasteiger partial charge in [0.15, 0.2) is 0 Å². The van der Waals surface area contributed by atoms with Crippen molar-refractivity contribution in [3.63, 3.8) is 0 Å². The first kappa shape index (κ1) is 8.48. The second-order valence-corrected chi connectivity index (χ2v) is 3.52. The van der Waals surface area contributed by atoms with Crippen molar-refractivity contribution in [2.75, 3.05) is 26.3 Å². The molecule has 2 fully saturated rings. The molecule has 0 bridgehead atoms. The molecule has 2 aliphatic heterocycles. The topological polar surface area (TPSA) is 30.5 Å². The lowest BCUT2D eigenvalue weighted by molar-refractivity contribution is -0.100. The first-order chi connectivity index (χ1) is 5.97. The molecule has 0 aliphatic carbocycles. The third-order valence-corrected chi connectivity index (χ3v) is 2.59. The highest BCUT2D eigenvalue weighted by Gasteiger charge is 2.26. The van der Waals surface area contributed by atoms with Crippen molar-refractivity contribution >= 4 is 0 Å². The van der Waals surface area contributed by atoms with E-state index in [1.165, 1.54) is 19.3 Å². The van der Waals surface area contributed by atoms with E-state index in [-0.39, 0.29) is 0 Å². The lowest BCUT2D eigenvalue weighted by atomic mass is 10.0. The highest BCUT2D eigenvalue weighted by Crippen LogP contribution is 2.18. The van der Waals surface area contributed by atoms with Crippen LogP contribution in [0.5, 0.6) is 0 Å². The van der Waals surface area contributed by atoms with Crippen molar-refractivity contribution in [1.82, 2.24) is 5.32 Å². The van der Waals surface area contributed by atoms with Gasteiger partial charge < -0.3 is 14.8 Å². The van der Waals surface area contributed by atoms with Crippen molar-refractivity contribution in [1.29, 1.82) is 0 Å². The van der Waals surface area contributed by atoms with Crippen molar-refractivity contribution < 1.29 is 9.47 Å². The van der Waals surface area contributed by atoms with Crippen LogP contribution in [-0.2, 0) is 9.47 Å². The zero-order valence-electron chi connectivity index (χ0n) is 7.42. The molecule has 2 heterocycles. The van der Waals surface area contributed by atoms with Crippen molar-refractivity contribution in [2.45, 2.75) is 31.5 Å². The molecule has 12 heavy (non-hydrogen) atoms. The molecule has 2 saturated heterocycles. The fraction of sp³-hybridized carbons (Fsp3) is 1.00. The third kappa shape index (κ3) is 1.97. The molecule has 2 aliphatic rings. The first-order valence-electron chi connectivity index (χ1n) is 4.91. The van der Waals surface area contributed by atoms with Crippen LogP contribution in [0.25, 0.3) is 0 Å². The summed E-state index contributed by atoms with van der Waals surface area (Å²) in [5, 5.41) is 3.33. The Morgan fingerprint density at radius 2 is 1.92 bits per heavy atom. The molecule has 0 aromatic heterocycles. The summed E-state index contributed by atoms with van der Waals surface area (Å²) in [6.07, 6.45) is 4.35. The van der Waals surface area contributed by atoms with Gasteiger partial charge in [-0.3, -0.25) is 0 Å². The van der Waals surface area contributed by atoms with E-state index in [4.69, 9.17) is 9.47 Å². The van der Waals surface area contributed by atoms with Crippen LogP contribution in [0, 0.1) is 0 Å². The predicted molar refractivity (Wildman–Crippen MR) is 46.2 cm³/mol. The molecule has 3 nitrogen and oxygen atoms in total. The van der Waals surface area contributed by atoms with Crippen LogP contribution in [0.3, 0.4) is 0 Å². The van der Waals surface area contributed by atoms with Crippen LogP contribution in [-0.4, -0.2) is 38.5 Å². The van der Waals surface area contributed by atoms with Gasteiger partial charge in [-0.15, -0.1) is 0 Å². The van der Waals surface area contributed by atoms with Gasteiger partial charge in [-0.25, -0.2) is 0 Å². The normalized spacial score (nSPS) is 38.0. The van der Waals surface area contributed by atoms with E-state index in [9.17, 15) is 0 Å². The van der Waals surface area contributed by atoms with Crippen LogP contribution in [0.4, 0.5) is 0 Å². The minimum absolute atomic E-state index is 0.305. The zero-order valence-corrected chi connectivity index (χ0v) is 7.42. The van der Waals surface area contributed by atoms with E-state index in [0.717, 1.165) is 26.3 Å². The predicted octanol–water partition coefficient (Wildman–Crippen LogP) is 0.544. The molecule has 2 rings (SSSR count). The van der Waals surface area contributed by atoms with Gasteiger partial charge in [-0.1, -0.05) is 0 Å². The first-order valence-corrected chi connectivity index (χ1v) is 4.91. The molecule has 0 aromatic carbocycles. The van der Waals surface area contributed by atoms with Gasteiger partial charge in [0.25, 0.3) is 0 Å². The van der Waals surface area contributed by atoms with Gasteiger partial charge in [0.1, 0.15) is 0 Å². The van der Waals surface area contributed by atoms with Crippen molar-refractivity contribution in [2.24, 2.45) is 0 Å². The lowest BCUT2D eigenvalue weighted by Gasteiger charge is -2.33. The summed E-state index contributed by atoms with van der Waals surface area (Å²) in [4.78, 5) is 0. The van der Waals surface area contributed by atoms with Gasteiger partial charge in [-0.05, 0) is 19.3 Å². The largest absolute Gasteiger partial charge is 0.375 e. The van der Waals surface area contributed by atoms with E-state index in [1.54, 1.807) is 0 Å². The van der Waals surface area contributed by atoms with Crippen molar-refractivity contribution in [3.8, 4) is 0 Å². The highest BCUT2D eigenvalue weighted by molar-refractivity contribution is 4.78. The van der Waals surface area contributed by atoms with Gasteiger partial charge in [0, 0.05) is 19.7 Å². The molecule has 0 spiro atoms. The standard InChI is InChI=1S/C9H17NO2/c1-2-5-11-8(3-1)9-7-10-4-6-12-9/h8-10H,1-7H2. The maximum atomic E-state index is 5.65. The number of rotatable bonds is 1. The molecule has 0 radical (unpaired) electrons. The summed E-state index contributed by atoms with van der Waals surface area (Å²) in [6, 6.07) is 0. The van der Waals surface area contributed by atoms with Crippen LogP contribution < -0.4 is 5.32 Å². The van der Waals surface area contributed by atoms with Crippen LogP contribution >= 0.6 is 0 Å². The summed E-state index contributed by atoms with van der Waals surface area (Å²) in [6.45, 7) is 3.71. The SMILES string of the molecule is C1CCC(C2CNCCO2)OC1. The second kappa shape index (κ2) is 4.21. The van der Waals surface area contributed by atoms with E-state index in [2.05, 4.69) is 5.32 Å². The number of hydrogen-bond donors (Lipinski definition) is 1. The maximum absolute atomic E-state index is 5.65. The molecular weight excluding hydrogens is 154 g/mol. The Labute approximate surface area is 73.4 Å². The third-order valence-electron chi connectivity index (χ3n) is 2.59. The van der Waals surface area contributed by atoms with Gasteiger partial charge >= 0.3 is 0 Å². The quantitative estimate of drug-likeness (QED) is 0.624. The average Bonchev–Trinajstić information content (AvgIpc) is 2.21. The Morgan fingerprint density at radius 3 is 2.58 bits per heavy atom. The number of hydrogen-bond acceptors (Lipinski definition) is 3.